The van der Waals surface area contributed by atoms with E-state index in [4.69, 9.17) is 11.6 Å². The van der Waals surface area contributed by atoms with Crippen molar-refractivity contribution in [3.05, 3.63) is 0 Å². The second-order valence-electron chi connectivity index (χ2n) is 2.11. The van der Waals surface area contributed by atoms with Gasteiger partial charge in [0.25, 0.3) is 0 Å². The summed E-state index contributed by atoms with van der Waals surface area (Å²) in [6.45, 7) is -1.65. The second kappa shape index (κ2) is 4.43. The molecule has 0 aromatic carbocycles. The highest BCUT2D eigenvalue weighted by Gasteiger charge is 2.41. The number of sulfonamides is 1. The zero-order valence-corrected chi connectivity index (χ0v) is 7.68. The number of alkyl halides is 5. The quantitative estimate of drug-likeness (QED) is 0.579. The SMILES string of the molecule is O=S(=O)(CCl)NCC(F)(F)C(F)F. The van der Waals surface area contributed by atoms with Crippen molar-refractivity contribution in [2.45, 2.75) is 12.3 Å². The molecule has 9 heteroatoms. The molecule has 0 rings (SSSR count). The van der Waals surface area contributed by atoms with Crippen molar-refractivity contribution < 1.29 is 26.0 Å². The molecular weight excluding hydrogens is 238 g/mol. The van der Waals surface area contributed by atoms with Gasteiger partial charge in [0.15, 0.2) is 0 Å². The Balaban J connectivity index is 4.18. The molecule has 1 N–H and O–H groups in total. The van der Waals surface area contributed by atoms with Gasteiger partial charge in [-0.1, -0.05) is 0 Å². The highest BCUT2D eigenvalue weighted by atomic mass is 35.5. The fourth-order valence-corrected chi connectivity index (χ4v) is 1.04. The number of rotatable bonds is 5. The standard InChI is InChI=1S/C4H6ClF4NO2S/c5-2-13(11,12)10-1-4(8,9)3(6)7/h3,10H,1-2H2. The lowest BCUT2D eigenvalue weighted by molar-refractivity contribution is -0.122. The Kier molecular flexibility index (Phi) is 4.40. The average Bonchev–Trinajstić information content (AvgIpc) is 2.01. The second-order valence-corrected chi connectivity index (χ2v) is 4.50. The van der Waals surface area contributed by atoms with E-state index in [-0.39, 0.29) is 0 Å². The van der Waals surface area contributed by atoms with E-state index in [1.54, 1.807) is 0 Å². The largest absolute Gasteiger partial charge is 0.320 e. The van der Waals surface area contributed by atoms with Gasteiger partial charge in [0, 0.05) is 0 Å². The molecule has 0 aliphatic rings. The summed E-state index contributed by atoms with van der Waals surface area (Å²) in [7, 11) is -4.08. The van der Waals surface area contributed by atoms with Crippen LogP contribution in [0.5, 0.6) is 0 Å². The third-order valence-electron chi connectivity index (χ3n) is 0.991. The molecule has 0 aliphatic carbocycles. The van der Waals surface area contributed by atoms with Crippen LogP contribution in [0, 0.1) is 0 Å². The van der Waals surface area contributed by atoms with E-state index in [0.717, 1.165) is 0 Å². The van der Waals surface area contributed by atoms with E-state index in [9.17, 15) is 26.0 Å². The molecule has 80 valence electrons. The highest BCUT2D eigenvalue weighted by Crippen LogP contribution is 2.21. The molecule has 3 nitrogen and oxygen atoms in total. The van der Waals surface area contributed by atoms with Gasteiger partial charge in [-0.15, -0.1) is 11.6 Å². The topological polar surface area (TPSA) is 46.2 Å². The predicted molar refractivity (Wildman–Crippen MR) is 38.6 cm³/mol. The molecule has 0 heterocycles. The highest BCUT2D eigenvalue weighted by molar-refractivity contribution is 7.90. The van der Waals surface area contributed by atoms with E-state index in [0.29, 0.717) is 0 Å². The summed E-state index contributed by atoms with van der Waals surface area (Å²) in [5.41, 5.74) is 0. The van der Waals surface area contributed by atoms with Crippen LogP contribution in [0.2, 0.25) is 0 Å². The van der Waals surface area contributed by atoms with Crippen LogP contribution in [0.4, 0.5) is 17.6 Å². The van der Waals surface area contributed by atoms with Crippen LogP contribution in [0.1, 0.15) is 0 Å². The molecule has 0 aromatic rings. The summed E-state index contributed by atoms with van der Waals surface area (Å²) in [6.07, 6.45) is -3.91. The third kappa shape index (κ3) is 4.63. The first-order chi connectivity index (χ1) is 5.71. The predicted octanol–water partition coefficient (Wildman–Crippen LogP) is 1.00. The number of nitrogens with one attached hydrogen (secondary N) is 1. The fourth-order valence-electron chi connectivity index (χ4n) is 0.322. The van der Waals surface area contributed by atoms with Crippen molar-refractivity contribution in [2.75, 3.05) is 11.8 Å². The van der Waals surface area contributed by atoms with E-state index in [1.165, 1.54) is 4.72 Å². The Morgan fingerprint density at radius 3 is 2.15 bits per heavy atom. The summed E-state index contributed by atoms with van der Waals surface area (Å²) in [4.78, 5) is 0. The molecule has 0 aliphatic heterocycles. The first-order valence-corrected chi connectivity index (χ1v) is 5.09. The van der Waals surface area contributed by atoms with Crippen molar-refractivity contribution in [3.8, 4) is 0 Å². The summed E-state index contributed by atoms with van der Waals surface area (Å²) >= 11 is 4.82. The summed E-state index contributed by atoms with van der Waals surface area (Å²) in [5, 5.41) is -0.952. The minimum absolute atomic E-state index is 0.952. The van der Waals surface area contributed by atoms with Crippen LogP contribution in [0.3, 0.4) is 0 Å². The average molecular weight is 244 g/mol. The van der Waals surface area contributed by atoms with Gasteiger partial charge in [-0.05, 0) is 0 Å². The molecule has 0 bridgehead atoms. The molecule has 0 atom stereocenters. The maximum Gasteiger partial charge on any atom is 0.320 e. The van der Waals surface area contributed by atoms with Crippen molar-refractivity contribution in [1.29, 1.82) is 0 Å². The van der Waals surface area contributed by atoms with Crippen molar-refractivity contribution in [1.82, 2.24) is 4.72 Å². The summed E-state index contributed by atoms with van der Waals surface area (Å²) in [5.74, 6) is -4.38. The third-order valence-corrected chi connectivity index (χ3v) is 2.72. The maximum atomic E-state index is 12.1. The van der Waals surface area contributed by atoms with Gasteiger partial charge in [0.2, 0.25) is 10.0 Å². The zero-order valence-electron chi connectivity index (χ0n) is 6.11. The van der Waals surface area contributed by atoms with Crippen LogP contribution in [-0.2, 0) is 10.0 Å². The zero-order chi connectivity index (χ0) is 10.7. The first kappa shape index (κ1) is 12.9. The fraction of sp³-hybridized carbons (Fsp3) is 1.00. The van der Waals surface area contributed by atoms with Gasteiger partial charge in [-0.3, -0.25) is 0 Å². The first-order valence-electron chi connectivity index (χ1n) is 2.90. The van der Waals surface area contributed by atoms with Crippen LogP contribution >= 0.6 is 11.6 Å². The van der Waals surface area contributed by atoms with E-state index < -0.39 is 34.1 Å². The molecule has 0 radical (unpaired) electrons. The van der Waals surface area contributed by atoms with Crippen molar-refractivity contribution in [3.63, 3.8) is 0 Å². The van der Waals surface area contributed by atoms with E-state index in [1.807, 2.05) is 0 Å². The Morgan fingerprint density at radius 2 is 1.85 bits per heavy atom. The van der Waals surface area contributed by atoms with Crippen LogP contribution in [-0.4, -0.2) is 32.5 Å². The lowest BCUT2D eigenvalue weighted by atomic mass is 10.4. The van der Waals surface area contributed by atoms with Gasteiger partial charge in [-0.25, -0.2) is 21.9 Å². The lowest BCUT2D eigenvalue weighted by Gasteiger charge is -2.14. The number of hydrogen-bond acceptors (Lipinski definition) is 2. The van der Waals surface area contributed by atoms with Gasteiger partial charge < -0.3 is 0 Å². The summed E-state index contributed by atoms with van der Waals surface area (Å²) < 4.78 is 69.3. The smallest absolute Gasteiger partial charge is 0.211 e. The van der Waals surface area contributed by atoms with Crippen molar-refractivity contribution >= 4 is 21.6 Å². The Bertz CT molecular complexity index is 255. The molecule has 13 heavy (non-hydrogen) atoms. The maximum absolute atomic E-state index is 12.1. The molecular formula is C4H6ClF4NO2S. The molecule has 0 amide bonds. The normalized spacial score (nSPS) is 13.7. The monoisotopic (exact) mass is 243 g/mol. The van der Waals surface area contributed by atoms with Crippen molar-refractivity contribution in [2.24, 2.45) is 0 Å². The molecule has 0 unspecified atom stereocenters. The minimum Gasteiger partial charge on any atom is -0.211 e. The molecule has 0 saturated carbocycles. The number of halogens is 5. The Hall–Kier alpha value is -0.0800. The van der Waals surface area contributed by atoms with Gasteiger partial charge in [-0.2, -0.15) is 8.78 Å². The summed E-state index contributed by atoms with van der Waals surface area (Å²) in [6, 6.07) is 0. The van der Waals surface area contributed by atoms with Gasteiger partial charge in [0.1, 0.15) is 5.21 Å². The lowest BCUT2D eigenvalue weighted by Crippen LogP contribution is -2.41. The molecule has 0 saturated heterocycles. The minimum atomic E-state index is -4.38. The Labute approximate surface area is 77.1 Å². The number of hydrogen-bond donors (Lipinski definition) is 1. The van der Waals surface area contributed by atoms with Crippen LogP contribution in [0.15, 0.2) is 0 Å². The van der Waals surface area contributed by atoms with Gasteiger partial charge >= 0.3 is 12.3 Å². The molecule has 0 aromatic heterocycles. The molecule has 0 fully saturated rings. The van der Waals surface area contributed by atoms with E-state index >= 15 is 0 Å². The van der Waals surface area contributed by atoms with E-state index in [2.05, 4.69) is 0 Å². The van der Waals surface area contributed by atoms with Crippen LogP contribution in [0.25, 0.3) is 0 Å². The molecule has 0 spiro atoms. The van der Waals surface area contributed by atoms with Crippen LogP contribution < -0.4 is 4.72 Å². The van der Waals surface area contributed by atoms with Gasteiger partial charge in [0.05, 0.1) is 6.54 Å². The Morgan fingerprint density at radius 1 is 1.38 bits per heavy atom.